The van der Waals surface area contributed by atoms with Gasteiger partial charge in [0, 0.05) is 22.3 Å². The predicted octanol–water partition coefficient (Wildman–Crippen LogP) is 3.12. The lowest BCUT2D eigenvalue weighted by molar-refractivity contribution is -0.137. The quantitative estimate of drug-likeness (QED) is 0.866. The lowest BCUT2D eigenvalue weighted by Crippen LogP contribution is -2.11. The Morgan fingerprint density at radius 3 is 2.65 bits per heavy atom. The summed E-state index contributed by atoms with van der Waals surface area (Å²) in [5, 5.41) is 13.4. The van der Waals surface area contributed by atoms with Crippen LogP contribution in [0.1, 0.15) is 36.1 Å². The number of benzene rings is 1. The molecule has 20 heavy (non-hydrogen) atoms. The molecule has 0 saturated heterocycles. The van der Waals surface area contributed by atoms with E-state index < -0.39 is 18.7 Å². The van der Waals surface area contributed by atoms with Crippen molar-refractivity contribution in [2.45, 2.75) is 26.6 Å². The Balaban J connectivity index is 2.85. The second kappa shape index (κ2) is 5.32. The molecular formula is C13H12BrFN2O3. The number of hydrogen-bond acceptors (Lipinski definition) is 3. The molecular weight excluding hydrogens is 331 g/mol. The van der Waals surface area contributed by atoms with Crippen LogP contribution in [0.15, 0.2) is 16.6 Å². The molecule has 0 aliphatic rings. The summed E-state index contributed by atoms with van der Waals surface area (Å²) in [5.74, 6) is -1.40. The summed E-state index contributed by atoms with van der Waals surface area (Å²) in [7, 11) is 0. The van der Waals surface area contributed by atoms with Crippen LogP contribution in [0, 0.1) is 0 Å². The van der Waals surface area contributed by atoms with Crippen LogP contribution in [-0.2, 0) is 11.3 Å². The fourth-order valence-electron chi connectivity index (χ4n) is 2.12. The molecule has 2 rings (SSSR count). The van der Waals surface area contributed by atoms with Gasteiger partial charge >= 0.3 is 5.97 Å². The Hall–Kier alpha value is -1.76. The molecule has 0 spiro atoms. The maximum Gasteiger partial charge on any atom is 0.325 e. The third-order valence-corrected chi connectivity index (χ3v) is 3.34. The number of aromatic nitrogens is 2. The smallest absolute Gasteiger partial charge is 0.325 e. The molecule has 0 saturated carbocycles. The molecule has 0 aliphatic carbocycles. The maximum absolute atomic E-state index is 13.8. The zero-order valence-electron chi connectivity index (χ0n) is 10.9. The van der Waals surface area contributed by atoms with E-state index in [0.717, 1.165) is 4.68 Å². The largest absolute Gasteiger partial charge is 0.480 e. The van der Waals surface area contributed by atoms with Gasteiger partial charge in [-0.05, 0) is 19.1 Å². The fraction of sp³-hybridized carbons (Fsp3) is 0.308. The number of carbonyl (C=O) groups excluding carboxylic acids is 1. The maximum atomic E-state index is 13.8. The summed E-state index contributed by atoms with van der Waals surface area (Å²) in [6.07, 6.45) is -1.31. The van der Waals surface area contributed by atoms with Gasteiger partial charge in [-0.2, -0.15) is 5.10 Å². The first-order chi connectivity index (χ1) is 9.31. The zero-order chi connectivity index (χ0) is 15.0. The minimum Gasteiger partial charge on any atom is -0.480 e. The molecule has 0 fully saturated rings. The van der Waals surface area contributed by atoms with Gasteiger partial charge in [-0.3, -0.25) is 14.3 Å². The van der Waals surface area contributed by atoms with Gasteiger partial charge in [0.05, 0.1) is 5.52 Å². The van der Waals surface area contributed by atoms with Gasteiger partial charge in [-0.1, -0.05) is 15.9 Å². The Labute approximate surface area is 122 Å². The lowest BCUT2D eigenvalue weighted by atomic mass is 10.1. The number of carbonyl (C=O) groups is 2. The van der Waals surface area contributed by atoms with E-state index in [9.17, 15) is 14.0 Å². The summed E-state index contributed by atoms with van der Waals surface area (Å²) in [6.45, 7) is 2.27. The Kier molecular flexibility index (Phi) is 3.89. The Bertz CT molecular complexity index is 709. The van der Waals surface area contributed by atoms with Crippen molar-refractivity contribution in [1.29, 1.82) is 0 Å². The fourth-order valence-corrected chi connectivity index (χ4v) is 2.59. The highest BCUT2D eigenvalue weighted by atomic mass is 79.9. The minimum absolute atomic E-state index is 0.143. The van der Waals surface area contributed by atoms with Crippen LogP contribution in [0.3, 0.4) is 0 Å². The number of carboxylic acid groups (broad SMARTS) is 1. The Morgan fingerprint density at radius 1 is 1.50 bits per heavy atom. The van der Waals surface area contributed by atoms with E-state index in [1.807, 2.05) is 0 Å². The summed E-state index contributed by atoms with van der Waals surface area (Å²) >= 11 is 3.26. The average molecular weight is 343 g/mol. The number of hydrogen-bond donors (Lipinski definition) is 1. The monoisotopic (exact) mass is 342 g/mol. The van der Waals surface area contributed by atoms with E-state index in [-0.39, 0.29) is 11.5 Å². The molecule has 106 valence electrons. The van der Waals surface area contributed by atoms with E-state index in [0.29, 0.717) is 20.9 Å². The molecule has 0 bridgehead atoms. The molecule has 7 heteroatoms. The van der Waals surface area contributed by atoms with Gasteiger partial charge in [0.2, 0.25) is 0 Å². The standard InChI is InChI=1S/C13H12BrFN2O3/c1-6(15)9-3-8(14)4-10-12(7(2)18)16-17(13(9)10)5-11(19)20/h3-4,6H,5H2,1-2H3,(H,19,20). The average Bonchev–Trinajstić information content (AvgIpc) is 2.66. The number of Topliss-reactive ketones (excluding diaryl/α,β-unsaturated/α-hetero) is 1. The molecule has 1 N–H and O–H groups in total. The molecule has 1 heterocycles. The van der Waals surface area contributed by atoms with Gasteiger partial charge in [-0.15, -0.1) is 0 Å². The number of halogens is 2. The summed E-state index contributed by atoms with van der Waals surface area (Å²) in [5.41, 5.74) is 0.788. The van der Waals surface area contributed by atoms with Crippen molar-refractivity contribution >= 4 is 38.6 Å². The Morgan fingerprint density at radius 2 is 2.15 bits per heavy atom. The SMILES string of the molecule is CC(=O)c1nn(CC(=O)O)c2c(C(C)F)cc(Br)cc12. The van der Waals surface area contributed by atoms with Crippen LogP contribution >= 0.6 is 15.9 Å². The van der Waals surface area contributed by atoms with Crippen LogP contribution in [0.25, 0.3) is 10.9 Å². The zero-order valence-corrected chi connectivity index (χ0v) is 12.4. The minimum atomic E-state index is -1.31. The van der Waals surface area contributed by atoms with Crippen molar-refractivity contribution in [3.8, 4) is 0 Å². The lowest BCUT2D eigenvalue weighted by Gasteiger charge is -2.08. The van der Waals surface area contributed by atoms with Gasteiger partial charge in [0.1, 0.15) is 18.4 Å². The van der Waals surface area contributed by atoms with Gasteiger partial charge in [-0.25, -0.2) is 4.39 Å². The first-order valence-corrected chi connectivity index (χ1v) is 6.67. The highest BCUT2D eigenvalue weighted by Crippen LogP contribution is 2.32. The van der Waals surface area contributed by atoms with Crippen LogP contribution in [0.2, 0.25) is 0 Å². The number of ketones is 1. The van der Waals surface area contributed by atoms with Crippen molar-refractivity contribution < 1.29 is 19.1 Å². The normalized spacial score (nSPS) is 12.6. The van der Waals surface area contributed by atoms with Crippen LogP contribution in [-0.4, -0.2) is 26.6 Å². The first kappa shape index (κ1) is 14.6. The molecule has 2 aromatic rings. The van der Waals surface area contributed by atoms with Crippen LogP contribution < -0.4 is 0 Å². The molecule has 1 aromatic carbocycles. The number of aliphatic carboxylic acids is 1. The molecule has 1 aromatic heterocycles. The molecule has 1 unspecified atom stereocenters. The number of carboxylic acids is 1. The number of fused-ring (bicyclic) bond motifs is 1. The van der Waals surface area contributed by atoms with Crippen molar-refractivity contribution in [1.82, 2.24) is 9.78 Å². The highest BCUT2D eigenvalue weighted by molar-refractivity contribution is 9.10. The topological polar surface area (TPSA) is 72.2 Å². The van der Waals surface area contributed by atoms with E-state index in [1.54, 1.807) is 12.1 Å². The van der Waals surface area contributed by atoms with Gasteiger partial charge in [0.25, 0.3) is 0 Å². The van der Waals surface area contributed by atoms with Gasteiger partial charge < -0.3 is 5.11 Å². The molecule has 0 radical (unpaired) electrons. The number of rotatable bonds is 4. The summed E-state index contributed by atoms with van der Waals surface area (Å²) in [6, 6.07) is 3.21. The van der Waals surface area contributed by atoms with E-state index in [4.69, 9.17) is 5.11 Å². The third-order valence-electron chi connectivity index (χ3n) is 2.89. The highest BCUT2D eigenvalue weighted by Gasteiger charge is 2.21. The third kappa shape index (κ3) is 2.58. The predicted molar refractivity (Wildman–Crippen MR) is 74.6 cm³/mol. The molecule has 0 aliphatic heterocycles. The second-order valence-electron chi connectivity index (χ2n) is 4.46. The number of nitrogens with zero attached hydrogens (tertiary/aromatic N) is 2. The van der Waals surface area contributed by atoms with Crippen molar-refractivity contribution in [2.75, 3.05) is 0 Å². The second-order valence-corrected chi connectivity index (χ2v) is 5.38. The van der Waals surface area contributed by atoms with E-state index in [2.05, 4.69) is 21.0 Å². The van der Waals surface area contributed by atoms with Crippen molar-refractivity contribution in [2.24, 2.45) is 0 Å². The molecule has 0 amide bonds. The summed E-state index contributed by atoms with van der Waals surface area (Å²) < 4.78 is 15.5. The molecule has 5 nitrogen and oxygen atoms in total. The van der Waals surface area contributed by atoms with Gasteiger partial charge in [0.15, 0.2) is 5.78 Å². The number of alkyl halides is 1. The molecule has 1 atom stereocenters. The van der Waals surface area contributed by atoms with Crippen molar-refractivity contribution in [3.63, 3.8) is 0 Å². The first-order valence-electron chi connectivity index (χ1n) is 5.88. The van der Waals surface area contributed by atoms with Crippen LogP contribution in [0.4, 0.5) is 4.39 Å². The van der Waals surface area contributed by atoms with Crippen molar-refractivity contribution in [3.05, 3.63) is 27.9 Å². The summed E-state index contributed by atoms with van der Waals surface area (Å²) in [4.78, 5) is 22.5. The van der Waals surface area contributed by atoms with Crippen LogP contribution in [0.5, 0.6) is 0 Å². The van der Waals surface area contributed by atoms with E-state index >= 15 is 0 Å². The van der Waals surface area contributed by atoms with E-state index in [1.165, 1.54) is 13.8 Å².